The first-order valence-electron chi connectivity index (χ1n) is 4.69. The number of rotatable bonds is 0. The first kappa shape index (κ1) is 9.34. The van der Waals surface area contributed by atoms with Crippen LogP contribution >= 0.6 is 0 Å². The summed E-state index contributed by atoms with van der Waals surface area (Å²) in [4.78, 5) is 4.23. The van der Waals surface area contributed by atoms with Gasteiger partial charge in [-0.15, -0.1) is 0 Å². The van der Waals surface area contributed by atoms with Gasteiger partial charge < -0.3 is 4.90 Å². The molecule has 12 heavy (non-hydrogen) atoms. The van der Waals surface area contributed by atoms with E-state index in [0.29, 0.717) is 12.1 Å². The first-order valence-corrected chi connectivity index (χ1v) is 4.69. The van der Waals surface area contributed by atoms with Crippen molar-refractivity contribution in [1.29, 1.82) is 5.26 Å². The van der Waals surface area contributed by atoms with Gasteiger partial charge in [-0.3, -0.25) is 4.90 Å². The molecule has 2 heterocycles. The van der Waals surface area contributed by atoms with E-state index in [-0.39, 0.29) is 0 Å². The zero-order valence-corrected chi connectivity index (χ0v) is 8.12. The van der Waals surface area contributed by atoms with Gasteiger partial charge in [0.2, 0.25) is 0 Å². The van der Waals surface area contributed by atoms with Crippen molar-refractivity contribution in [2.24, 2.45) is 0 Å². The number of fused-ring (bicyclic) bond motifs is 1. The van der Waals surface area contributed by atoms with Gasteiger partial charge in [0.25, 0.3) is 0 Å². The van der Waals surface area contributed by atoms with Crippen molar-refractivity contribution in [3.8, 4) is 6.19 Å². The quantitative estimate of drug-likeness (QED) is 0.502. The molecule has 3 heteroatoms. The Morgan fingerprint density at radius 3 is 2.42 bits per heavy atom. The molecule has 2 fully saturated rings. The third-order valence-corrected chi connectivity index (χ3v) is 2.68. The second kappa shape index (κ2) is 3.77. The molecule has 2 aliphatic heterocycles. The van der Waals surface area contributed by atoms with E-state index in [1.165, 1.54) is 6.42 Å². The molecule has 0 aromatic carbocycles. The van der Waals surface area contributed by atoms with Crippen LogP contribution in [0.1, 0.15) is 20.3 Å². The van der Waals surface area contributed by atoms with Crippen molar-refractivity contribution in [3.63, 3.8) is 0 Å². The summed E-state index contributed by atoms with van der Waals surface area (Å²) in [5, 5.41) is 8.63. The number of nitriles is 1. The van der Waals surface area contributed by atoms with Crippen LogP contribution in [0.25, 0.3) is 0 Å². The molecule has 0 aromatic heterocycles. The van der Waals surface area contributed by atoms with Crippen molar-refractivity contribution < 1.29 is 0 Å². The van der Waals surface area contributed by atoms with E-state index in [1.807, 2.05) is 18.7 Å². The topological polar surface area (TPSA) is 30.3 Å². The van der Waals surface area contributed by atoms with Crippen LogP contribution in [0.15, 0.2) is 0 Å². The van der Waals surface area contributed by atoms with Gasteiger partial charge in [0.1, 0.15) is 0 Å². The number of nitrogens with zero attached hydrogens (tertiary/aromatic N) is 3. The maximum absolute atomic E-state index is 8.63. The molecule has 2 aliphatic rings. The monoisotopic (exact) mass is 167 g/mol. The Labute approximate surface area is 74.6 Å². The molecule has 0 unspecified atom stereocenters. The van der Waals surface area contributed by atoms with Crippen LogP contribution in [0.4, 0.5) is 0 Å². The maximum Gasteiger partial charge on any atom is 0.179 e. The lowest BCUT2D eigenvalue weighted by atomic mass is 9.99. The predicted octanol–water partition coefficient (Wildman–Crippen LogP) is 0.882. The van der Waals surface area contributed by atoms with Crippen molar-refractivity contribution in [3.05, 3.63) is 0 Å². The third kappa shape index (κ3) is 1.27. The fraction of sp³-hybridized carbons (Fsp3) is 0.889. The highest BCUT2D eigenvalue weighted by Gasteiger charge is 2.44. The molecule has 0 amide bonds. The van der Waals surface area contributed by atoms with Gasteiger partial charge in [-0.2, -0.15) is 5.26 Å². The lowest BCUT2D eigenvalue weighted by Gasteiger charge is -2.42. The zero-order valence-electron chi connectivity index (χ0n) is 8.12. The Bertz CT molecular complexity index is 185. The number of hydrogen-bond donors (Lipinski definition) is 0. The van der Waals surface area contributed by atoms with Crippen molar-refractivity contribution in [2.45, 2.75) is 32.4 Å². The van der Waals surface area contributed by atoms with E-state index >= 15 is 0 Å². The molecular weight excluding hydrogens is 150 g/mol. The van der Waals surface area contributed by atoms with Gasteiger partial charge in [0.05, 0.1) is 6.04 Å². The molecule has 0 spiro atoms. The fourth-order valence-corrected chi connectivity index (χ4v) is 1.99. The molecule has 0 saturated carbocycles. The van der Waals surface area contributed by atoms with E-state index in [9.17, 15) is 0 Å². The van der Waals surface area contributed by atoms with Crippen LogP contribution in [-0.4, -0.2) is 42.0 Å². The highest BCUT2D eigenvalue weighted by molar-refractivity contribution is 5.05. The second-order valence-corrected chi connectivity index (χ2v) is 3.16. The first-order chi connectivity index (χ1) is 5.83. The van der Waals surface area contributed by atoms with E-state index in [1.54, 1.807) is 0 Å². The average Bonchev–Trinajstić information content (AvgIpc) is 2.45. The molecule has 3 nitrogen and oxygen atoms in total. The molecule has 0 radical (unpaired) electrons. The molecule has 0 N–H and O–H groups in total. The molecule has 2 rings (SSSR count). The van der Waals surface area contributed by atoms with E-state index in [4.69, 9.17) is 5.26 Å². The van der Waals surface area contributed by atoms with E-state index in [0.717, 1.165) is 13.1 Å². The van der Waals surface area contributed by atoms with Crippen LogP contribution in [0.5, 0.6) is 0 Å². The number of likely N-dealkylation sites (N-methyl/N-ethyl adjacent to an activating group) is 1. The summed E-state index contributed by atoms with van der Waals surface area (Å²) in [5.41, 5.74) is 0. The minimum absolute atomic E-state index is 0.551. The van der Waals surface area contributed by atoms with Gasteiger partial charge in [-0.25, -0.2) is 0 Å². The minimum atomic E-state index is 0.551. The SMILES string of the molecule is CC.CN1C[C@@H]2[C@H]1CCN2C#N. The fourth-order valence-electron chi connectivity index (χ4n) is 1.99. The Morgan fingerprint density at radius 1 is 1.33 bits per heavy atom. The van der Waals surface area contributed by atoms with Crippen molar-refractivity contribution in [1.82, 2.24) is 9.80 Å². The largest absolute Gasteiger partial charge is 0.305 e. The van der Waals surface area contributed by atoms with Crippen LogP contribution in [0.3, 0.4) is 0 Å². The summed E-state index contributed by atoms with van der Waals surface area (Å²) in [5.74, 6) is 0. The van der Waals surface area contributed by atoms with E-state index < -0.39 is 0 Å². The number of hydrogen-bond acceptors (Lipinski definition) is 3. The lowest BCUT2D eigenvalue weighted by molar-refractivity contribution is 0.0686. The number of likely N-dealkylation sites (tertiary alicyclic amines) is 2. The average molecular weight is 167 g/mol. The summed E-state index contributed by atoms with van der Waals surface area (Å²) < 4.78 is 0. The van der Waals surface area contributed by atoms with Gasteiger partial charge in [-0.05, 0) is 13.5 Å². The molecule has 2 saturated heterocycles. The molecule has 68 valence electrons. The molecular formula is C9H17N3. The van der Waals surface area contributed by atoms with Gasteiger partial charge in [0.15, 0.2) is 6.19 Å². The molecule has 0 aromatic rings. The Kier molecular flexibility index (Phi) is 2.93. The van der Waals surface area contributed by atoms with Gasteiger partial charge >= 0.3 is 0 Å². The standard InChI is InChI=1S/C7H11N3.C2H6/c1-9-4-7-6(9)2-3-10(7)5-8;1-2/h6-7H,2-4H2,1H3;1-2H3/t6-,7-;/m1./s1. The lowest BCUT2D eigenvalue weighted by Crippen LogP contribution is -2.58. The van der Waals surface area contributed by atoms with Crippen LogP contribution in [0, 0.1) is 11.5 Å². The second-order valence-electron chi connectivity index (χ2n) is 3.16. The van der Waals surface area contributed by atoms with Gasteiger partial charge in [-0.1, -0.05) is 13.8 Å². The van der Waals surface area contributed by atoms with Crippen LogP contribution in [0.2, 0.25) is 0 Å². The smallest absolute Gasteiger partial charge is 0.179 e. The van der Waals surface area contributed by atoms with Crippen molar-refractivity contribution in [2.75, 3.05) is 20.1 Å². The van der Waals surface area contributed by atoms with Crippen LogP contribution < -0.4 is 0 Å². The Morgan fingerprint density at radius 2 is 2.00 bits per heavy atom. The summed E-state index contributed by atoms with van der Waals surface area (Å²) in [6.07, 6.45) is 3.40. The highest BCUT2D eigenvalue weighted by atomic mass is 15.4. The van der Waals surface area contributed by atoms with E-state index in [2.05, 4.69) is 18.1 Å². The van der Waals surface area contributed by atoms with Crippen LogP contribution in [-0.2, 0) is 0 Å². The Hall–Kier alpha value is -0.750. The molecule has 2 atom stereocenters. The summed E-state index contributed by atoms with van der Waals surface area (Å²) in [6, 6.07) is 1.23. The summed E-state index contributed by atoms with van der Waals surface area (Å²) in [7, 11) is 2.13. The van der Waals surface area contributed by atoms with Gasteiger partial charge in [0, 0.05) is 19.1 Å². The highest BCUT2D eigenvalue weighted by Crippen LogP contribution is 2.29. The Balaban J connectivity index is 0.000000336. The maximum atomic E-state index is 8.63. The third-order valence-electron chi connectivity index (χ3n) is 2.68. The normalized spacial score (nSPS) is 32.7. The summed E-state index contributed by atoms with van der Waals surface area (Å²) >= 11 is 0. The minimum Gasteiger partial charge on any atom is -0.305 e. The summed E-state index contributed by atoms with van der Waals surface area (Å²) in [6.45, 7) is 6.05. The molecule has 0 aliphatic carbocycles. The zero-order chi connectivity index (χ0) is 9.14. The molecule has 0 bridgehead atoms. The predicted molar refractivity (Wildman–Crippen MR) is 48.5 cm³/mol. The van der Waals surface area contributed by atoms with Crippen molar-refractivity contribution >= 4 is 0 Å².